The van der Waals surface area contributed by atoms with Crippen LogP contribution in [0.25, 0.3) is 10.9 Å². The molecule has 0 aliphatic rings. The molecule has 2 aromatic carbocycles. The average Bonchev–Trinajstić information content (AvgIpc) is 2.80. The maximum absolute atomic E-state index is 12.4. The van der Waals surface area contributed by atoms with Gasteiger partial charge in [0, 0.05) is 24.2 Å². The Bertz CT molecular complexity index is 1240. The SMILES string of the molecule is NNC(=O)CCC(NC(=O)c1ccc(NCc2ccc3nc(N)[nH]c(=O)c3c2)cc1)C(=O)O. The van der Waals surface area contributed by atoms with Gasteiger partial charge in [0.1, 0.15) is 6.04 Å². The van der Waals surface area contributed by atoms with Gasteiger partial charge in [0.2, 0.25) is 11.9 Å². The summed E-state index contributed by atoms with van der Waals surface area (Å²) in [6.07, 6.45) is -0.235. The number of rotatable bonds is 9. The van der Waals surface area contributed by atoms with Crippen molar-refractivity contribution in [3.05, 3.63) is 63.9 Å². The van der Waals surface area contributed by atoms with Crippen molar-refractivity contribution in [1.29, 1.82) is 0 Å². The monoisotopic (exact) mass is 453 g/mol. The number of hydrogen-bond acceptors (Lipinski definition) is 8. The third kappa shape index (κ3) is 6.04. The van der Waals surface area contributed by atoms with Gasteiger partial charge >= 0.3 is 5.97 Å². The number of aromatic amines is 1. The first-order chi connectivity index (χ1) is 15.8. The van der Waals surface area contributed by atoms with Crippen LogP contribution in [0.15, 0.2) is 47.3 Å². The van der Waals surface area contributed by atoms with Crippen molar-refractivity contribution in [2.24, 2.45) is 5.84 Å². The highest BCUT2D eigenvalue weighted by Gasteiger charge is 2.21. The predicted octanol–water partition coefficient (Wildman–Crippen LogP) is 0.0705. The molecule has 1 aromatic heterocycles. The molecule has 0 aliphatic heterocycles. The molecule has 12 nitrogen and oxygen atoms in total. The van der Waals surface area contributed by atoms with Gasteiger partial charge in [0.25, 0.3) is 11.5 Å². The standard InChI is InChI=1S/C21H23N7O5/c22-21-26-15-6-1-11(9-14(15)19(31)27-21)10-24-13-4-2-12(3-5-13)18(30)25-16(20(32)33)7-8-17(29)28-23/h1-6,9,16,24H,7-8,10,23H2,(H,25,30)(H,28,29)(H,32,33)(H3,22,26,27,31). The summed E-state index contributed by atoms with van der Waals surface area (Å²) >= 11 is 0. The maximum Gasteiger partial charge on any atom is 0.326 e. The number of nitrogens with two attached hydrogens (primary N) is 2. The van der Waals surface area contributed by atoms with E-state index < -0.39 is 23.8 Å². The minimum Gasteiger partial charge on any atom is -0.480 e. The number of nitrogens with zero attached hydrogens (tertiary/aromatic N) is 1. The molecule has 0 aliphatic carbocycles. The van der Waals surface area contributed by atoms with E-state index in [-0.39, 0.29) is 29.9 Å². The summed E-state index contributed by atoms with van der Waals surface area (Å²) < 4.78 is 0. The van der Waals surface area contributed by atoms with Gasteiger partial charge in [-0.2, -0.15) is 0 Å². The highest BCUT2D eigenvalue weighted by molar-refractivity contribution is 5.97. The number of nitrogen functional groups attached to an aromatic ring is 1. The summed E-state index contributed by atoms with van der Waals surface area (Å²) in [5.74, 6) is 2.67. The highest BCUT2D eigenvalue weighted by atomic mass is 16.4. The molecule has 3 aromatic rings. The molecule has 0 spiro atoms. The molecule has 33 heavy (non-hydrogen) atoms. The Kier molecular flexibility index (Phi) is 7.20. The highest BCUT2D eigenvalue weighted by Crippen LogP contribution is 2.15. The number of amides is 2. The van der Waals surface area contributed by atoms with E-state index in [1.54, 1.807) is 36.4 Å². The Morgan fingerprint density at radius 2 is 1.85 bits per heavy atom. The minimum atomic E-state index is -1.25. The van der Waals surface area contributed by atoms with E-state index >= 15 is 0 Å². The normalized spacial score (nSPS) is 11.5. The van der Waals surface area contributed by atoms with Crippen LogP contribution >= 0.6 is 0 Å². The third-order valence-corrected chi connectivity index (χ3v) is 4.86. The Labute approximate surface area is 187 Å². The summed E-state index contributed by atoms with van der Waals surface area (Å²) in [4.78, 5) is 53.5. The number of anilines is 2. The number of carboxylic acids is 1. The lowest BCUT2D eigenvalue weighted by Gasteiger charge is -2.14. The topological polar surface area (TPSA) is 205 Å². The molecule has 9 N–H and O–H groups in total. The van der Waals surface area contributed by atoms with Crippen LogP contribution in [0.1, 0.15) is 28.8 Å². The van der Waals surface area contributed by atoms with E-state index in [4.69, 9.17) is 11.6 Å². The van der Waals surface area contributed by atoms with Gasteiger partial charge in [0.05, 0.1) is 10.9 Å². The molecule has 0 radical (unpaired) electrons. The third-order valence-electron chi connectivity index (χ3n) is 4.86. The Hall–Kier alpha value is -4.45. The number of carboxylic acid groups (broad SMARTS) is 1. The summed E-state index contributed by atoms with van der Waals surface area (Å²) in [7, 11) is 0. The van der Waals surface area contributed by atoms with Crippen molar-refractivity contribution in [1.82, 2.24) is 20.7 Å². The summed E-state index contributed by atoms with van der Waals surface area (Å²) in [5, 5.41) is 15.2. The first-order valence-electron chi connectivity index (χ1n) is 9.92. The molecule has 0 saturated heterocycles. The van der Waals surface area contributed by atoms with Crippen molar-refractivity contribution >= 4 is 40.3 Å². The van der Waals surface area contributed by atoms with Gasteiger partial charge < -0.3 is 21.5 Å². The second kappa shape index (κ2) is 10.2. The predicted molar refractivity (Wildman–Crippen MR) is 121 cm³/mol. The van der Waals surface area contributed by atoms with Crippen molar-refractivity contribution in [3.63, 3.8) is 0 Å². The zero-order valence-electron chi connectivity index (χ0n) is 17.4. The van der Waals surface area contributed by atoms with Crippen LogP contribution in [-0.4, -0.2) is 38.9 Å². The summed E-state index contributed by atoms with van der Waals surface area (Å²) in [6.45, 7) is 0.412. The second-order valence-electron chi connectivity index (χ2n) is 7.20. The number of aliphatic carboxylic acids is 1. The van der Waals surface area contributed by atoms with Crippen LogP contribution in [0.4, 0.5) is 11.6 Å². The number of fused-ring (bicyclic) bond motifs is 1. The van der Waals surface area contributed by atoms with E-state index in [1.807, 2.05) is 11.5 Å². The number of carbonyl (C=O) groups excluding carboxylic acids is 2. The number of benzene rings is 2. The number of nitrogens with one attached hydrogen (secondary N) is 4. The number of aromatic nitrogens is 2. The number of carbonyl (C=O) groups is 3. The lowest BCUT2D eigenvalue weighted by atomic mass is 10.1. The number of hydrogen-bond donors (Lipinski definition) is 7. The van der Waals surface area contributed by atoms with Crippen LogP contribution < -0.4 is 33.2 Å². The fourth-order valence-electron chi connectivity index (χ4n) is 3.10. The fourth-order valence-corrected chi connectivity index (χ4v) is 3.10. The number of hydrazine groups is 1. The van der Waals surface area contributed by atoms with E-state index in [9.17, 15) is 24.3 Å². The van der Waals surface area contributed by atoms with Crippen LogP contribution in [0, 0.1) is 0 Å². The largest absolute Gasteiger partial charge is 0.480 e. The van der Waals surface area contributed by atoms with E-state index in [0.29, 0.717) is 23.1 Å². The van der Waals surface area contributed by atoms with Gasteiger partial charge in [-0.05, 0) is 48.4 Å². The van der Waals surface area contributed by atoms with Crippen molar-refractivity contribution < 1.29 is 19.5 Å². The molecule has 1 heterocycles. The van der Waals surface area contributed by atoms with Crippen LogP contribution in [0.2, 0.25) is 0 Å². The molecule has 0 fully saturated rings. The van der Waals surface area contributed by atoms with Gasteiger partial charge in [-0.1, -0.05) is 6.07 Å². The quantitative estimate of drug-likeness (QED) is 0.133. The van der Waals surface area contributed by atoms with Crippen molar-refractivity contribution in [2.45, 2.75) is 25.4 Å². The lowest BCUT2D eigenvalue weighted by Crippen LogP contribution is -2.42. The Morgan fingerprint density at radius 3 is 2.52 bits per heavy atom. The lowest BCUT2D eigenvalue weighted by molar-refractivity contribution is -0.139. The van der Waals surface area contributed by atoms with E-state index in [0.717, 1.165) is 5.56 Å². The average molecular weight is 453 g/mol. The zero-order chi connectivity index (χ0) is 24.0. The van der Waals surface area contributed by atoms with Gasteiger partial charge in [-0.25, -0.2) is 15.6 Å². The van der Waals surface area contributed by atoms with Gasteiger partial charge in [-0.3, -0.25) is 24.8 Å². The molecule has 12 heteroatoms. The van der Waals surface area contributed by atoms with Crippen LogP contribution in [-0.2, 0) is 16.1 Å². The number of H-pyrrole nitrogens is 1. The van der Waals surface area contributed by atoms with Gasteiger partial charge in [0.15, 0.2) is 0 Å². The van der Waals surface area contributed by atoms with E-state index in [2.05, 4.69) is 20.6 Å². The molecule has 0 saturated carbocycles. The maximum atomic E-state index is 12.4. The van der Waals surface area contributed by atoms with Crippen molar-refractivity contribution in [2.75, 3.05) is 11.1 Å². The molecule has 1 unspecified atom stereocenters. The van der Waals surface area contributed by atoms with Crippen molar-refractivity contribution in [3.8, 4) is 0 Å². The Balaban J connectivity index is 1.61. The minimum absolute atomic E-state index is 0.0539. The van der Waals surface area contributed by atoms with Crippen LogP contribution in [0.3, 0.4) is 0 Å². The smallest absolute Gasteiger partial charge is 0.326 e. The molecule has 2 amide bonds. The molecule has 172 valence electrons. The molecule has 0 bridgehead atoms. The molecular formula is C21H23N7O5. The van der Waals surface area contributed by atoms with E-state index in [1.165, 1.54) is 0 Å². The van der Waals surface area contributed by atoms with Gasteiger partial charge in [-0.15, -0.1) is 0 Å². The summed E-state index contributed by atoms with van der Waals surface area (Å²) in [5.41, 5.74) is 9.45. The first-order valence-corrected chi connectivity index (χ1v) is 9.92. The summed E-state index contributed by atoms with van der Waals surface area (Å²) in [6, 6.07) is 10.4. The molecule has 1 atom stereocenters. The first kappa shape index (κ1) is 23.2. The fraction of sp³-hybridized carbons (Fsp3) is 0.190. The second-order valence-corrected chi connectivity index (χ2v) is 7.20. The van der Waals surface area contributed by atoms with Crippen LogP contribution in [0.5, 0.6) is 0 Å². The molecular weight excluding hydrogens is 430 g/mol. The zero-order valence-corrected chi connectivity index (χ0v) is 17.4. The Morgan fingerprint density at radius 1 is 1.12 bits per heavy atom. The molecule has 3 rings (SSSR count).